The average molecular weight is 321 g/mol. The molecule has 0 aliphatic carbocycles. The Labute approximate surface area is 138 Å². The van der Waals surface area contributed by atoms with Crippen LogP contribution in [0.25, 0.3) is 0 Å². The van der Waals surface area contributed by atoms with Crippen molar-refractivity contribution in [3.63, 3.8) is 0 Å². The SMILES string of the molecule is CNC(C=O)(OC(C)(C)C)C(C)c1ccc(CC(=O)OC)cc1. The third-order valence-corrected chi connectivity index (χ3v) is 3.74. The summed E-state index contributed by atoms with van der Waals surface area (Å²) in [4.78, 5) is 23.1. The highest BCUT2D eigenvalue weighted by Crippen LogP contribution is 2.31. The van der Waals surface area contributed by atoms with Crippen LogP contribution in [0.1, 0.15) is 44.7 Å². The van der Waals surface area contributed by atoms with Crippen molar-refractivity contribution in [2.75, 3.05) is 14.2 Å². The molecule has 5 heteroatoms. The van der Waals surface area contributed by atoms with Gasteiger partial charge in [-0.15, -0.1) is 0 Å². The normalized spacial score (nSPS) is 15.6. The number of ether oxygens (including phenoxy) is 2. The van der Waals surface area contributed by atoms with E-state index >= 15 is 0 Å². The fraction of sp³-hybridized carbons (Fsp3) is 0.556. The van der Waals surface area contributed by atoms with E-state index in [1.54, 1.807) is 7.05 Å². The highest BCUT2D eigenvalue weighted by Gasteiger charge is 2.40. The van der Waals surface area contributed by atoms with Gasteiger partial charge in [0.1, 0.15) is 0 Å². The zero-order valence-electron chi connectivity index (χ0n) is 14.8. The van der Waals surface area contributed by atoms with E-state index in [0.717, 1.165) is 17.4 Å². The summed E-state index contributed by atoms with van der Waals surface area (Å²) in [5.41, 5.74) is 0.237. The lowest BCUT2D eigenvalue weighted by molar-refractivity contribution is -0.166. The molecule has 0 aromatic heterocycles. The Morgan fingerprint density at radius 1 is 1.26 bits per heavy atom. The molecule has 0 saturated carbocycles. The average Bonchev–Trinajstić information content (AvgIpc) is 2.51. The van der Waals surface area contributed by atoms with Gasteiger partial charge in [-0.1, -0.05) is 31.2 Å². The fourth-order valence-electron chi connectivity index (χ4n) is 2.46. The van der Waals surface area contributed by atoms with Crippen molar-refractivity contribution in [3.8, 4) is 0 Å². The molecule has 128 valence electrons. The lowest BCUT2D eigenvalue weighted by Crippen LogP contribution is -2.55. The van der Waals surface area contributed by atoms with Gasteiger partial charge in [0.05, 0.1) is 19.1 Å². The molecule has 23 heavy (non-hydrogen) atoms. The van der Waals surface area contributed by atoms with Crippen molar-refractivity contribution in [2.45, 2.75) is 51.4 Å². The zero-order valence-corrected chi connectivity index (χ0v) is 14.8. The lowest BCUT2D eigenvalue weighted by Gasteiger charge is -2.39. The summed E-state index contributed by atoms with van der Waals surface area (Å²) in [6, 6.07) is 7.55. The van der Waals surface area contributed by atoms with Crippen LogP contribution in [0.3, 0.4) is 0 Å². The summed E-state index contributed by atoms with van der Waals surface area (Å²) in [6.45, 7) is 7.67. The number of esters is 1. The van der Waals surface area contributed by atoms with Gasteiger partial charge in [-0.25, -0.2) is 0 Å². The van der Waals surface area contributed by atoms with Crippen LogP contribution in [0.4, 0.5) is 0 Å². The van der Waals surface area contributed by atoms with Crippen molar-refractivity contribution in [1.82, 2.24) is 5.32 Å². The van der Waals surface area contributed by atoms with Gasteiger partial charge in [-0.05, 0) is 38.9 Å². The van der Waals surface area contributed by atoms with E-state index < -0.39 is 11.3 Å². The third kappa shape index (κ3) is 5.15. The van der Waals surface area contributed by atoms with Gasteiger partial charge >= 0.3 is 5.97 Å². The first kappa shape index (κ1) is 19.3. The Hall–Kier alpha value is -1.72. The van der Waals surface area contributed by atoms with Crippen molar-refractivity contribution in [2.24, 2.45) is 0 Å². The molecule has 0 saturated heterocycles. The molecule has 0 fully saturated rings. The molecule has 0 aliphatic rings. The van der Waals surface area contributed by atoms with E-state index in [1.807, 2.05) is 52.0 Å². The quantitative estimate of drug-likeness (QED) is 0.475. The molecule has 1 aromatic rings. The number of hydrogen-bond donors (Lipinski definition) is 1. The monoisotopic (exact) mass is 321 g/mol. The first-order chi connectivity index (χ1) is 10.7. The standard InChI is InChI=1S/C18H27NO4/c1-13(18(12-20,19-5)23-17(2,3)4)15-9-7-14(8-10-15)11-16(21)22-6/h7-10,12-13,19H,11H2,1-6H3. The molecule has 2 atom stereocenters. The molecular formula is C18H27NO4. The summed E-state index contributed by atoms with van der Waals surface area (Å²) in [5.74, 6) is -0.476. The van der Waals surface area contributed by atoms with Crippen LogP contribution in [0.5, 0.6) is 0 Å². The Morgan fingerprint density at radius 2 is 1.83 bits per heavy atom. The first-order valence-corrected chi connectivity index (χ1v) is 7.68. The van der Waals surface area contributed by atoms with E-state index in [4.69, 9.17) is 4.74 Å². The van der Waals surface area contributed by atoms with Crippen LogP contribution >= 0.6 is 0 Å². The predicted molar refractivity (Wildman–Crippen MR) is 89.3 cm³/mol. The van der Waals surface area contributed by atoms with E-state index in [1.165, 1.54) is 7.11 Å². The second-order valence-electron chi connectivity index (χ2n) is 6.59. The Bertz CT molecular complexity index is 533. The molecule has 5 nitrogen and oxygen atoms in total. The maximum Gasteiger partial charge on any atom is 0.309 e. The summed E-state index contributed by atoms with van der Waals surface area (Å²) in [7, 11) is 3.08. The predicted octanol–water partition coefficient (Wildman–Crippen LogP) is 2.44. The van der Waals surface area contributed by atoms with Gasteiger partial charge in [0.25, 0.3) is 0 Å². The van der Waals surface area contributed by atoms with Gasteiger partial charge in [-0.2, -0.15) is 0 Å². The number of hydrogen-bond acceptors (Lipinski definition) is 5. The number of carbonyl (C=O) groups excluding carboxylic acids is 2. The van der Waals surface area contributed by atoms with Crippen LogP contribution < -0.4 is 5.32 Å². The van der Waals surface area contributed by atoms with Gasteiger partial charge in [0.2, 0.25) is 0 Å². The lowest BCUT2D eigenvalue weighted by atomic mass is 9.89. The summed E-state index contributed by atoms with van der Waals surface area (Å²) in [6.07, 6.45) is 1.04. The molecule has 1 rings (SSSR count). The van der Waals surface area contributed by atoms with Gasteiger partial charge in [0.15, 0.2) is 12.0 Å². The van der Waals surface area contributed by atoms with Crippen LogP contribution in [-0.2, 0) is 25.5 Å². The number of rotatable bonds is 7. The minimum Gasteiger partial charge on any atom is -0.469 e. The molecule has 0 bridgehead atoms. The smallest absolute Gasteiger partial charge is 0.309 e. The number of carbonyl (C=O) groups is 2. The fourth-order valence-corrected chi connectivity index (χ4v) is 2.46. The highest BCUT2D eigenvalue weighted by molar-refractivity contribution is 5.72. The van der Waals surface area contributed by atoms with E-state index in [0.29, 0.717) is 0 Å². The minimum absolute atomic E-state index is 0.198. The maximum atomic E-state index is 11.8. The molecule has 1 N–H and O–H groups in total. The van der Waals surface area contributed by atoms with E-state index in [2.05, 4.69) is 10.1 Å². The molecule has 0 radical (unpaired) electrons. The molecule has 0 spiro atoms. The van der Waals surface area contributed by atoms with Crippen LogP contribution in [0.2, 0.25) is 0 Å². The molecule has 0 aliphatic heterocycles. The Balaban J connectivity index is 3.02. The summed E-state index contributed by atoms with van der Waals surface area (Å²) >= 11 is 0. The number of methoxy groups -OCH3 is 1. The van der Waals surface area contributed by atoms with Gasteiger partial charge < -0.3 is 9.47 Å². The minimum atomic E-state index is -1.11. The van der Waals surface area contributed by atoms with Crippen LogP contribution in [0.15, 0.2) is 24.3 Å². The highest BCUT2D eigenvalue weighted by atomic mass is 16.5. The number of nitrogens with one attached hydrogen (secondary N) is 1. The molecule has 0 heterocycles. The van der Waals surface area contributed by atoms with Crippen LogP contribution in [-0.4, -0.2) is 37.7 Å². The summed E-state index contributed by atoms with van der Waals surface area (Å²) < 4.78 is 10.7. The van der Waals surface area contributed by atoms with Crippen molar-refractivity contribution < 1.29 is 19.1 Å². The number of benzene rings is 1. The van der Waals surface area contributed by atoms with Gasteiger partial charge in [0, 0.05) is 5.92 Å². The maximum absolute atomic E-state index is 11.8. The number of likely N-dealkylation sites (N-methyl/N-ethyl adjacent to an activating group) is 1. The molecule has 0 amide bonds. The second kappa shape index (κ2) is 7.70. The molecule has 1 aromatic carbocycles. The molecular weight excluding hydrogens is 294 g/mol. The molecule has 2 unspecified atom stereocenters. The van der Waals surface area contributed by atoms with E-state index in [-0.39, 0.29) is 18.3 Å². The van der Waals surface area contributed by atoms with Gasteiger partial charge in [-0.3, -0.25) is 14.9 Å². The zero-order chi connectivity index (χ0) is 17.7. The third-order valence-electron chi connectivity index (χ3n) is 3.74. The summed E-state index contributed by atoms with van der Waals surface area (Å²) in [5, 5.41) is 3.01. The Kier molecular flexibility index (Phi) is 6.47. The first-order valence-electron chi connectivity index (χ1n) is 7.68. The van der Waals surface area contributed by atoms with E-state index in [9.17, 15) is 9.59 Å². The van der Waals surface area contributed by atoms with Crippen LogP contribution in [0, 0.1) is 0 Å². The van der Waals surface area contributed by atoms with Crippen molar-refractivity contribution >= 4 is 12.3 Å². The largest absolute Gasteiger partial charge is 0.469 e. The number of aldehydes is 1. The van der Waals surface area contributed by atoms with Crippen molar-refractivity contribution in [3.05, 3.63) is 35.4 Å². The Morgan fingerprint density at radius 3 is 2.22 bits per heavy atom. The second-order valence-corrected chi connectivity index (χ2v) is 6.59. The van der Waals surface area contributed by atoms with Crippen molar-refractivity contribution in [1.29, 1.82) is 0 Å². The topological polar surface area (TPSA) is 64.6 Å².